The van der Waals surface area contributed by atoms with Crippen molar-refractivity contribution in [3.63, 3.8) is 0 Å². The van der Waals surface area contributed by atoms with Crippen molar-refractivity contribution in [2.75, 3.05) is 51.3 Å². The second-order valence-electron chi connectivity index (χ2n) is 10.1. The van der Waals surface area contributed by atoms with Crippen LogP contribution in [0.2, 0.25) is 5.02 Å². The normalized spacial score (nSPS) is 21.3. The maximum atomic E-state index is 13.8. The summed E-state index contributed by atoms with van der Waals surface area (Å²) in [6.45, 7) is 2.18. The molecule has 2 saturated heterocycles. The molecule has 0 spiro atoms. The van der Waals surface area contributed by atoms with Gasteiger partial charge < -0.3 is 48.8 Å². The van der Waals surface area contributed by atoms with E-state index < -0.39 is 21.4 Å². The van der Waals surface area contributed by atoms with E-state index in [2.05, 4.69) is 10.3 Å². The van der Waals surface area contributed by atoms with Gasteiger partial charge in [-0.2, -0.15) is 4.31 Å². The lowest BCUT2D eigenvalue weighted by Crippen LogP contribution is -3.00. The first-order chi connectivity index (χ1) is 19.2. The predicted octanol–water partition coefficient (Wildman–Crippen LogP) is -1.36. The first-order valence-corrected chi connectivity index (χ1v) is 15.8. The number of carbonyl (C=O) groups excluding carboxylic acids is 2. The Balaban J connectivity index is 0.00000337. The van der Waals surface area contributed by atoms with Crippen LogP contribution >= 0.6 is 23.4 Å². The van der Waals surface area contributed by atoms with Gasteiger partial charge in [-0.05, 0) is 24.3 Å². The van der Waals surface area contributed by atoms with Gasteiger partial charge in [-0.1, -0.05) is 23.4 Å². The molecule has 41 heavy (non-hydrogen) atoms. The van der Waals surface area contributed by atoms with Gasteiger partial charge in [0.25, 0.3) is 15.9 Å². The quantitative estimate of drug-likeness (QED) is 0.246. The van der Waals surface area contributed by atoms with Crippen molar-refractivity contribution < 1.29 is 51.3 Å². The molecule has 0 bridgehead atoms. The highest BCUT2D eigenvalue weighted by Crippen LogP contribution is 2.38. The standard InChI is InChI=1S/C26H29ClN6O5S2.HI/c1-30-5-4-21-22(16-30)39-25(29-21)26(35)33-7-6-32(15-19(33)14-24(34)31-8-10-38-11-9-31)40(36,37)23-13-17-12-18(27)2-3-20(17)28-23;/h2-5,12-13,16,19,25,28H,6-11,14-15H2,1H3;1H. The number of piperazine rings is 1. The second kappa shape index (κ2) is 12.2. The van der Waals surface area contributed by atoms with Crippen LogP contribution in [0, 0.1) is 0 Å². The zero-order chi connectivity index (χ0) is 28.0. The Labute approximate surface area is 264 Å². The highest BCUT2D eigenvalue weighted by Gasteiger charge is 2.42. The number of sulfonamides is 1. The lowest BCUT2D eigenvalue weighted by Gasteiger charge is -2.42. The van der Waals surface area contributed by atoms with Crippen molar-refractivity contribution in [3.05, 3.63) is 47.7 Å². The van der Waals surface area contributed by atoms with Crippen molar-refractivity contribution in [3.8, 4) is 0 Å². The van der Waals surface area contributed by atoms with Gasteiger partial charge in [0.1, 0.15) is 12.1 Å². The number of thioether (sulfide) groups is 1. The summed E-state index contributed by atoms with van der Waals surface area (Å²) < 4.78 is 36.1. The number of pyridine rings is 1. The van der Waals surface area contributed by atoms with Crippen LogP contribution in [0.25, 0.3) is 10.9 Å². The molecule has 2 amide bonds. The molecule has 0 radical (unpaired) electrons. The SMILES string of the molecule is C[n+]1ccc2c(c1)SC(C(=O)N1CCN(S(=O)(=O)c3cc4cc(Cl)ccc4[nH]3)CC1CC(=O)N1CCOCC1)N2.[I-]. The van der Waals surface area contributed by atoms with Gasteiger partial charge in [0.05, 0.1) is 29.8 Å². The molecule has 2 unspecified atom stereocenters. The van der Waals surface area contributed by atoms with Gasteiger partial charge in [-0.25, -0.2) is 13.0 Å². The van der Waals surface area contributed by atoms with Gasteiger partial charge in [-0.15, -0.1) is 0 Å². The number of fused-ring (bicyclic) bond motifs is 2. The summed E-state index contributed by atoms with van der Waals surface area (Å²) in [5.41, 5.74) is 1.54. The number of benzene rings is 1. The predicted molar refractivity (Wildman–Crippen MR) is 150 cm³/mol. The second-order valence-corrected chi connectivity index (χ2v) is 13.6. The molecule has 1 aromatic carbocycles. The number of amides is 2. The third-order valence-corrected chi connectivity index (χ3v) is 10.7. The number of halogens is 2. The first-order valence-electron chi connectivity index (χ1n) is 13.1. The van der Waals surface area contributed by atoms with Crippen LogP contribution in [0.4, 0.5) is 5.69 Å². The van der Waals surface area contributed by atoms with Gasteiger partial charge in [-0.3, -0.25) is 9.59 Å². The van der Waals surface area contributed by atoms with E-state index in [1.165, 1.54) is 16.1 Å². The fourth-order valence-electron chi connectivity index (χ4n) is 5.35. The fourth-order valence-corrected chi connectivity index (χ4v) is 8.17. The minimum absolute atomic E-state index is 0. The lowest BCUT2D eigenvalue weighted by atomic mass is 10.1. The number of nitrogens with zero attached hydrogens (tertiary/aromatic N) is 4. The van der Waals surface area contributed by atoms with E-state index in [1.807, 2.05) is 30.1 Å². The fraction of sp³-hybridized carbons (Fsp3) is 0.423. The smallest absolute Gasteiger partial charge is 0.258 e. The Bertz CT molecular complexity index is 1580. The molecule has 11 nitrogen and oxygen atoms in total. The van der Waals surface area contributed by atoms with Crippen LogP contribution < -0.4 is 33.9 Å². The Morgan fingerprint density at radius 3 is 2.71 bits per heavy atom. The number of hydrogen-bond acceptors (Lipinski definition) is 7. The Hall–Kier alpha value is -2.11. The number of nitrogens with one attached hydrogen (secondary N) is 2. The van der Waals surface area contributed by atoms with E-state index >= 15 is 0 Å². The highest BCUT2D eigenvalue weighted by molar-refractivity contribution is 8.01. The average molecular weight is 733 g/mol. The molecule has 5 heterocycles. The number of morpholine rings is 1. The Morgan fingerprint density at radius 2 is 1.93 bits per heavy atom. The average Bonchev–Trinajstić information content (AvgIpc) is 3.57. The van der Waals surface area contributed by atoms with Crippen molar-refractivity contribution in [1.82, 2.24) is 19.1 Å². The van der Waals surface area contributed by atoms with Crippen molar-refractivity contribution in [2.24, 2.45) is 7.05 Å². The lowest BCUT2D eigenvalue weighted by molar-refractivity contribution is -0.673. The zero-order valence-corrected chi connectivity index (χ0v) is 26.8. The van der Waals surface area contributed by atoms with Gasteiger partial charge >= 0.3 is 0 Å². The summed E-state index contributed by atoms with van der Waals surface area (Å²) >= 11 is 7.52. The molecule has 2 aromatic heterocycles. The van der Waals surface area contributed by atoms with Crippen molar-refractivity contribution in [2.45, 2.75) is 27.8 Å². The van der Waals surface area contributed by atoms with Gasteiger partial charge in [0, 0.05) is 61.1 Å². The minimum Gasteiger partial charge on any atom is -1.00 e. The van der Waals surface area contributed by atoms with Gasteiger partial charge in [0.15, 0.2) is 17.8 Å². The number of H-pyrrole nitrogens is 1. The topological polar surface area (TPSA) is 119 Å². The van der Waals surface area contributed by atoms with E-state index in [1.54, 1.807) is 34.1 Å². The Kier molecular flexibility index (Phi) is 9.07. The number of hydrogen-bond donors (Lipinski definition) is 2. The molecular formula is C26H30ClIN6O5S2. The van der Waals surface area contributed by atoms with Crippen LogP contribution in [-0.4, -0.2) is 96.7 Å². The molecule has 3 aliphatic rings. The molecular weight excluding hydrogens is 703 g/mol. The monoisotopic (exact) mass is 732 g/mol. The van der Waals surface area contributed by atoms with E-state index in [0.29, 0.717) is 42.2 Å². The molecule has 2 fully saturated rings. The summed E-state index contributed by atoms with van der Waals surface area (Å²) in [7, 11) is -2.00. The number of rotatable bonds is 5. The van der Waals surface area contributed by atoms with Crippen LogP contribution in [-0.2, 0) is 31.4 Å². The van der Waals surface area contributed by atoms with Crippen LogP contribution in [0.15, 0.2) is 52.6 Å². The summed E-state index contributed by atoms with van der Waals surface area (Å²) in [6.07, 6.45) is 3.89. The number of carbonyl (C=O) groups is 2. The third-order valence-electron chi connectivity index (χ3n) is 7.50. The Morgan fingerprint density at radius 1 is 1.15 bits per heavy atom. The zero-order valence-electron chi connectivity index (χ0n) is 22.3. The maximum absolute atomic E-state index is 13.8. The summed E-state index contributed by atoms with van der Waals surface area (Å²) in [5.74, 6) is -0.283. The molecule has 6 rings (SSSR count). The first kappa shape index (κ1) is 30.4. The van der Waals surface area contributed by atoms with Gasteiger partial charge in [0.2, 0.25) is 5.91 Å². The van der Waals surface area contributed by atoms with Crippen LogP contribution in [0.1, 0.15) is 6.42 Å². The third kappa shape index (κ3) is 6.18. The van der Waals surface area contributed by atoms with Crippen LogP contribution in [0.5, 0.6) is 0 Å². The number of aromatic amines is 1. The van der Waals surface area contributed by atoms with Crippen molar-refractivity contribution in [1.29, 1.82) is 0 Å². The molecule has 2 atom stereocenters. The largest absolute Gasteiger partial charge is 1.00 e. The summed E-state index contributed by atoms with van der Waals surface area (Å²) in [5, 5.41) is 3.98. The molecule has 3 aromatic rings. The van der Waals surface area contributed by atoms with E-state index in [0.717, 1.165) is 10.6 Å². The maximum Gasteiger partial charge on any atom is 0.258 e. The molecule has 15 heteroatoms. The summed E-state index contributed by atoms with van der Waals surface area (Å²) in [4.78, 5) is 34.4. The molecule has 0 aliphatic carbocycles. The van der Waals surface area contributed by atoms with Crippen molar-refractivity contribution >= 4 is 61.8 Å². The van der Waals surface area contributed by atoms with E-state index in [4.69, 9.17) is 16.3 Å². The number of aromatic nitrogens is 2. The number of anilines is 1. The molecule has 2 N–H and O–H groups in total. The van der Waals surface area contributed by atoms with Crippen LogP contribution in [0.3, 0.4) is 0 Å². The molecule has 0 saturated carbocycles. The molecule has 3 aliphatic heterocycles. The van der Waals surface area contributed by atoms with E-state index in [9.17, 15) is 18.0 Å². The minimum atomic E-state index is -3.92. The summed E-state index contributed by atoms with van der Waals surface area (Å²) in [6, 6.07) is 8.01. The number of aryl methyl sites for hydroxylation is 1. The highest BCUT2D eigenvalue weighted by atomic mass is 127. The van der Waals surface area contributed by atoms with E-state index in [-0.39, 0.29) is 66.9 Å². The number of ether oxygens (including phenoxy) is 1. The molecule has 220 valence electrons.